The van der Waals surface area contributed by atoms with E-state index in [0.717, 1.165) is 18.1 Å². The molecule has 0 aromatic rings. The molecule has 0 bridgehead atoms. The lowest BCUT2D eigenvalue weighted by atomic mass is 10.2. The summed E-state index contributed by atoms with van der Waals surface area (Å²) in [6.45, 7) is 10.1. The second-order valence-corrected chi connectivity index (χ2v) is 9.60. The zero-order chi connectivity index (χ0) is 12.1. The third-order valence-electron chi connectivity index (χ3n) is 3.42. The van der Waals surface area contributed by atoms with Crippen LogP contribution in [0, 0.1) is 5.92 Å². The Morgan fingerprint density at radius 3 is 1.87 bits per heavy atom. The van der Waals surface area contributed by atoms with Crippen LogP contribution in [0.4, 0.5) is 0 Å². The van der Waals surface area contributed by atoms with E-state index in [1.807, 2.05) is 13.8 Å². The van der Waals surface area contributed by atoms with E-state index < -0.39 is 8.07 Å². The number of hydrogen-bond acceptors (Lipinski definition) is 2. The predicted molar refractivity (Wildman–Crippen MR) is 67.8 cm³/mol. The number of carbonyl (C=O) groups excluding carboxylic acids is 1. The zero-order valence-corrected chi connectivity index (χ0v) is 11.6. The lowest BCUT2D eigenvalue weighted by Gasteiger charge is -2.24. The van der Waals surface area contributed by atoms with Crippen molar-refractivity contribution in [1.29, 1.82) is 0 Å². The van der Waals surface area contributed by atoms with E-state index in [0.29, 0.717) is 0 Å². The summed E-state index contributed by atoms with van der Waals surface area (Å²) < 4.78 is 0. The first-order valence-corrected chi connectivity index (χ1v) is 8.50. The summed E-state index contributed by atoms with van der Waals surface area (Å²) in [7, 11) is -1.80. The van der Waals surface area contributed by atoms with Crippen molar-refractivity contribution in [3.8, 4) is 0 Å². The first kappa shape index (κ1) is 14.4. The Morgan fingerprint density at radius 1 is 1.20 bits per heavy atom. The van der Waals surface area contributed by atoms with E-state index in [1.54, 1.807) is 0 Å². The van der Waals surface area contributed by atoms with Gasteiger partial charge in [0.25, 0.3) is 0 Å². The van der Waals surface area contributed by atoms with Crippen molar-refractivity contribution >= 4 is 13.5 Å². The van der Waals surface area contributed by atoms with Crippen LogP contribution in [0.2, 0.25) is 18.1 Å². The van der Waals surface area contributed by atoms with Gasteiger partial charge in [0.1, 0.15) is 13.5 Å². The molecule has 0 aromatic carbocycles. The molecule has 0 rings (SSSR count). The highest BCUT2D eigenvalue weighted by molar-refractivity contribution is 7.07. The Balaban J connectivity index is 4.89. The molecule has 0 aliphatic rings. The molecule has 0 fully saturated rings. The highest BCUT2D eigenvalue weighted by Crippen LogP contribution is 2.22. The maximum Gasteiger partial charge on any atom is 0.137 e. The van der Waals surface area contributed by atoms with Crippen LogP contribution in [-0.4, -0.2) is 18.6 Å². The maximum absolute atomic E-state index is 12.1. The highest BCUT2D eigenvalue weighted by Gasteiger charge is 2.34. The minimum absolute atomic E-state index is 0.0474. The average Bonchev–Trinajstić information content (AvgIpc) is 2.21. The summed E-state index contributed by atoms with van der Waals surface area (Å²) in [5, 5.41) is 9.82. The summed E-state index contributed by atoms with van der Waals surface area (Å²) in [4.78, 5) is 12.1. The third kappa shape index (κ3) is 3.49. The zero-order valence-electron chi connectivity index (χ0n) is 10.6. The molecule has 3 heteroatoms. The van der Waals surface area contributed by atoms with Crippen LogP contribution in [0.3, 0.4) is 0 Å². The van der Waals surface area contributed by atoms with Gasteiger partial charge in [0, 0.05) is 12.0 Å². The lowest BCUT2D eigenvalue weighted by Crippen LogP contribution is -2.41. The van der Waals surface area contributed by atoms with E-state index in [2.05, 4.69) is 20.8 Å². The minimum Gasteiger partial charge on any atom is -0.512 e. The summed E-state index contributed by atoms with van der Waals surface area (Å²) in [6.07, 6.45) is 1.48. The van der Waals surface area contributed by atoms with Crippen LogP contribution in [-0.2, 0) is 4.79 Å². The fourth-order valence-electron chi connectivity index (χ4n) is 1.73. The smallest absolute Gasteiger partial charge is 0.137 e. The summed E-state index contributed by atoms with van der Waals surface area (Å²) in [6, 6.07) is 2.92. The summed E-state index contributed by atoms with van der Waals surface area (Å²) >= 11 is 0. The molecule has 0 amide bonds. The van der Waals surface area contributed by atoms with Crippen LogP contribution >= 0.6 is 0 Å². The van der Waals surface area contributed by atoms with Crippen molar-refractivity contribution in [2.45, 2.75) is 52.8 Å². The van der Waals surface area contributed by atoms with Crippen molar-refractivity contribution in [3.05, 3.63) is 11.8 Å². The Hall–Kier alpha value is -0.573. The molecule has 15 heavy (non-hydrogen) atoms. The van der Waals surface area contributed by atoms with E-state index in [9.17, 15) is 9.90 Å². The van der Waals surface area contributed by atoms with Crippen LogP contribution in [0.25, 0.3) is 0 Å². The van der Waals surface area contributed by atoms with Gasteiger partial charge >= 0.3 is 0 Å². The number of aliphatic hydroxyl groups excluding tert-OH is 1. The van der Waals surface area contributed by atoms with Gasteiger partial charge in [-0.15, -0.1) is 0 Å². The van der Waals surface area contributed by atoms with Crippen molar-refractivity contribution in [1.82, 2.24) is 0 Å². The van der Waals surface area contributed by atoms with Gasteiger partial charge in [-0.2, -0.15) is 0 Å². The normalized spacial score (nSPS) is 13.3. The molecule has 0 atom stereocenters. The predicted octanol–water partition coefficient (Wildman–Crippen LogP) is 3.70. The van der Waals surface area contributed by atoms with E-state index in [1.165, 1.54) is 6.08 Å². The second-order valence-electron chi connectivity index (χ2n) is 4.43. The van der Waals surface area contributed by atoms with E-state index in [4.69, 9.17) is 0 Å². The summed E-state index contributed by atoms with van der Waals surface area (Å²) in [5.74, 6) is 0.276. The van der Waals surface area contributed by atoms with Gasteiger partial charge in [-0.05, 0) is 0 Å². The van der Waals surface area contributed by atoms with E-state index in [-0.39, 0.29) is 17.1 Å². The van der Waals surface area contributed by atoms with Gasteiger partial charge in [-0.3, -0.25) is 0 Å². The molecule has 0 unspecified atom stereocenters. The molecule has 0 spiro atoms. The van der Waals surface area contributed by atoms with Crippen molar-refractivity contribution < 1.29 is 9.90 Å². The largest absolute Gasteiger partial charge is 0.512 e. The molecule has 0 saturated carbocycles. The van der Waals surface area contributed by atoms with Gasteiger partial charge in [-0.1, -0.05) is 52.8 Å². The molecule has 0 aliphatic carbocycles. The Kier molecular flexibility index (Phi) is 5.87. The molecule has 2 nitrogen and oxygen atoms in total. The Bertz CT molecular complexity index is 232. The van der Waals surface area contributed by atoms with Crippen molar-refractivity contribution in [2.75, 3.05) is 0 Å². The van der Waals surface area contributed by atoms with Crippen molar-refractivity contribution in [3.63, 3.8) is 0 Å². The fourth-order valence-corrected chi connectivity index (χ4v) is 4.73. The molecule has 0 radical (unpaired) electrons. The maximum atomic E-state index is 12.1. The number of carbonyl (C=O) groups is 1. The molecule has 0 saturated heterocycles. The lowest BCUT2D eigenvalue weighted by molar-refractivity contribution is -0.109. The third-order valence-corrected chi connectivity index (χ3v) is 8.67. The highest BCUT2D eigenvalue weighted by atomic mass is 28.3. The monoisotopic (exact) mass is 228 g/mol. The van der Waals surface area contributed by atoms with Gasteiger partial charge in [0.2, 0.25) is 0 Å². The topological polar surface area (TPSA) is 37.3 Å². The Labute approximate surface area is 94.4 Å². The quantitative estimate of drug-likeness (QED) is 0.427. The van der Waals surface area contributed by atoms with Gasteiger partial charge in [-0.25, -0.2) is 0 Å². The van der Waals surface area contributed by atoms with E-state index >= 15 is 0 Å². The molecular weight excluding hydrogens is 204 g/mol. The molecule has 1 N–H and O–H groups in total. The average molecular weight is 228 g/mol. The molecular formula is C12H24O2Si. The number of aliphatic hydroxyl groups is 1. The standard InChI is InChI=1S/C12H24O2Si/c1-6-15(7-2,8-3)12(14)9-11(13)10(4)5/h9-10,13H,6-8H2,1-5H3. The van der Waals surface area contributed by atoms with Gasteiger partial charge < -0.3 is 9.90 Å². The number of rotatable bonds is 6. The molecule has 88 valence electrons. The van der Waals surface area contributed by atoms with Crippen LogP contribution in [0.1, 0.15) is 34.6 Å². The number of hydrogen-bond donors (Lipinski definition) is 1. The van der Waals surface area contributed by atoms with Gasteiger partial charge in [0.15, 0.2) is 0 Å². The second kappa shape index (κ2) is 6.11. The Morgan fingerprint density at radius 2 is 1.60 bits per heavy atom. The van der Waals surface area contributed by atoms with Crippen molar-refractivity contribution in [2.24, 2.45) is 5.92 Å². The number of allylic oxidation sites excluding steroid dienone is 2. The summed E-state index contributed by atoms with van der Waals surface area (Å²) in [5.41, 5.74) is 0. The first-order valence-electron chi connectivity index (χ1n) is 5.88. The molecule has 0 aliphatic heterocycles. The minimum atomic E-state index is -1.80. The first-order chi connectivity index (χ1) is 6.93. The molecule has 0 heterocycles. The fraction of sp³-hybridized carbons (Fsp3) is 0.750. The van der Waals surface area contributed by atoms with Crippen LogP contribution in [0.15, 0.2) is 11.8 Å². The van der Waals surface area contributed by atoms with Crippen LogP contribution in [0.5, 0.6) is 0 Å². The van der Waals surface area contributed by atoms with Gasteiger partial charge in [0.05, 0.1) is 5.76 Å². The SMILES string of the molecule is CC[Si](CC)(CC)C(=O)C=C(O)C(C)C. The van der Waals surface area contributed by atoms with Crippen LogP contribution < -0.4 is 0 Å². The molecule has 0 aromatic heterocycles.